The van der Waals surface area contributed by atoms with Gasteiger partial charge in [-0.25, -0.2) is 4.98 Å². The number of halogens is 2. The van der Waals surface area contributed by atoms with Crippen molar-refractivity contribution in [1.82, 2.24) is 9.88 Å². The minimum absolute atomic E-state index is 0.244. The molecule has 4 aromatic rings. The van der Waals surface area contributed by atoms with Crippen molar-refractivity contribution in [3.05, 3.63) is 118 Å². The van der Waals surface area contributed by atoms with Gasteiger partial charge in [-0.2, -0.15) is 0 Å². The molecule has 0 saturated carbocycles. The van der Waals surface area contributed by atoms with Gasteiger partial charge in [0.05, 0.1) is 11.1 Å². The molecule has 2 atom stereocenters. The Morgan fingerprint density at radius 1 is 1.05 bits per heavy atom. The topological polar surface area (TPSA) is 36.4 Å². The zero-order valence-corrected chi connectivity index (χ0v) is 26.5. The molecule has 0 saturated heterocycles. The van der Waals surface area contributed by atoms with E-state index in [1.54, 1.807) is 11.8 Å². The molecule has 0 fully saturated rings. The van der Waals surface area contributed by atoms with Crippen LogP contribution in [0.1, 0.15) is 41.0 Å². The highest BCUT2D eigenvalue weighted by Crippen LogP contribution is 2.44. The van der Waals surface area contributed by atoms with Crippen molar-refractivity contribution in [1.29, 1.82) is 0 Å². The van der Waals surface area contributed by atoms with Crippen LogP contribution in [0.5, 0.6) is 0 Å². The second kappa shape index (κ2) is 13.5. The summed E-state index contributed by atoms with van der Waals surface area (Å²) in [5, 5.41) is 14.8. The lowest BCUT2D eigenvalue weighted by atomic mass is 9.72. The number of aromatic nitrogens is 1. The number of aryl methyl sites for hydroxylation is 1. The lowest BCUT2D eigenvalue weighted by molar-refractivity contribution is 0.00176. The first-order valence-electron chi connectivity index (χ1n) is 12.7. The molecule has 6 heteroatoms. The fraction of sp³-hybridized carbons (Fsp3) is 0.281. The predicted molar refractivity (Wildman–Crippen MR) is 174 cm³/mol. The van der Waals surface area contributed by atoms with Crippen molar-refractivity contribution in [3.63, 3.8) is 0 Å². The maximum Gasteiger partial charge on any atom is 0.100 e. The average molecular weight is 702 g/mol. The Hall–Kier alpha value is -1.87. The van der Waals surface area contributed by atoms with Gasteiger partial charge in [0.15, 0.2) is 0 Å². The molecular weight excluding hydrogens is 667 g/mol. The Labute approximate surface area is 253 Å². The SMILES string of the molecule is C=CN(C)CCC(O)(CCc1ccccc1)C(c1ccc(CI)cc1)c1cc2cc(Br)ccc2nc1SC. The normalized spacial score (nSPS) is 13.7. The van der Waals surface area contributed by atoms with Crippen LogP contribution >= 0.6 is 50.3 Å². The third kappa shape index (κ3) is 7.00. The zero-order valence-electron chi connectivity index (χ0n) is 21.9. The van der Waals surface area contributed by atoms with Gasteiger partial charge in [0.2, 0.25) is 0 Å². The van der Waals surface area contributed by atoms with Gasteiger partial charge in [-0.3, -0.25) is 0 Å². The van der Waals surface area contributed by atoms with Crippen molar-refractivity contribution in [2.75, 3.05) is 19.8 Å². The molecule has 38 heavy (non-hydrogen) atoms. The van der Waals surface area contributed by atoms with Crippen LogP contribution in [0.2, 0.25) is 0 Å². The fourth-order valence-electron chi connectivity index (χ4n) is 4.98. The van der Waals surface area contributed by atoms with E-state index in [-0.39, 0.29) is 5.92 Å². The standard InChI is InChI=1S/C32H34BrIN2OS/c1-4-36(2)19-18-32(37,17-16-23-8-6-5-7-9-23)30(25-12-10-24(22-34)11-13-25)28-21-26-20-27(33)14-15-29(26)35-31(28)38-3/h4-15,20-21,30,37H,1,16-19,22H2,2-3H3. The van der Waals surface area contributed by atoms with Crippen LogP contribution in [0.3, 0.4) is 0 Å². The van der Waals surface area contributed by atoms with Crippen LogP contribution in [0.4, 0.5) is 0 Å². The molecule has 0 radical (unpaired) electrons. The van der Waals surface area contributed by atoms with Crippen LogP contribution < -0.4 is 0 Å². The minimum atomic E-state index is -1.01. The van der Waals surface area contributed by atoms with E-state index < -0.39 is 5.60 Å². The Bertz CT molecular complexity index is 1370. The molecule has 0 spiro atoms. The first-order chi connectivity index (χ1) is 18.4. The summed E-state index contributed by atoms with van der Waals surface area (Å²) in [5.74, 6) is -0.244. The maximum absolute atomic E-state index is 12.7. The summed E-state index contributed by atoms with van der Waals surface area (Å²) in [6.45, 7) is 4.64. The molecule has 1 heterocycles. The number of thioether (sulfide) groups is 1. The first-order valence-corrected chi connectivity index (χ1v) is 16.3. The molecule has 0 amide bonds. The van der Waals surface area contributed by atoms with Crippen LogP contribution in [0.15, 0.2) is 101 Å². The van der Waals surface area contributed by atoms with Crippen molar-refractivity contribution < 1.29 is 5.11 Å². The molecule has 3 nitrogen and oxygen atoms in total. The number of hydrogen-bond donors (Lipinski definition) is 1. The number of alkyl halides is 1. The summed E-state index contributed by atoms with van der Waals surface area (Å²) in [5.41, 5.74) is 4.64. The highest BCUT2D eigenvalue weighted by molar-refractivity contribution is 14.1. The Morgan fingerprint density at radius 2 is 1.79 bits per heavy atom. The van der Waals surface area contributed by atoms with Crippen LogP contribution in [0.25, 0.3) is 10.9 Å². The van der Waals surface area contributed by atoms with E-state index in [1.807, 2.05) is 31.4 Å². The van der Waals surface area contributed by atoms with Gasteiger partial charge in [-0.15, -0.1) is 11.8 Å². The van der Waals surface area contributed by atoms with Crippen molar-refractivity contribution in [2.45, 2.75) is 40.2 Å². The van der Waals surface area contributed by atoms with E-state index in [1.165, 1.54) is 11.1 Å². The van der Waals surface area contributed by atoms with Gasteiger partial charge in [0.1, 0.15) is 5.03 Å². The summed E-state index contributed by atoms with van der Waals surface area (Å²) in [7, 11) is 2.01. The lowest BCUT2D eigenvalue weighted by Crippen LogP contribution is -2.40. The Kier molecular flexibility index (Phi) is 10.3. The van der Waals surface area contributed by atoms with Crippen LogP contribution in [-0.4, -0.2) is 40.4 Å². The van der Waals surface area contributed by atoms with E-state index in [9.17, 15) is 5.11 Å². The third-order valence-corrected chi connectivity index (χ3v) is 9.26. The predicted octanol–water partition coefficient (Wildman–Crippen LogP) is 8.62. The second-order valence-corrected chi connectivity index (χ2v) is 12.2. The molecule has 1 N–H and O–H groups in total. The molecule has 2 unspecified atom stereocenters. The summed E-state index contributed by atoms with van der Waals surface area (Å²) >= 11 is 7.67. The Balaban J connectivity index is 1.89. The number of rotatable bonds is 12. The van der Waals surface area contributed by atoms with E-state index in [0.29, 0.717) is 19.4 Å². The summed E-state index contributed by atoms with van der Waals surface area (Å²) < 4.78 is 1.97. The van der Waals surface area contributed by atoms with E-state index in [0.717, 1.165) is 42.4 Å². The van der Waals surface area contributed by atoms with Crippen molar-refractivity contribution >= 4 is 61.2 Å². The monoisotopic (exact) mass is 700 g/mol. The van der Waals surface area contributed by atoms with Crippen LogP contribution in [-0.2, 0) is 10.8 Å². The van der Waals surface area contributed by atoms with E-state index >= 15 is 0 Å². The van der Waals surface area contributed by atoms with Gasteiger partial charge < -0.3 is 10.0 Å². The molecule has 198 valence electrons. The van der Waals surface area contributed by atoms with Crippen LogP contribution in [0, 0.1) is 0 Å². The second-order valence-electron chi connectivity index (χ2n) is 9.73. The number of hydrogen-bond acceptors (Lipinski definition) is 4. The summed E-state index contributed by atoms with van der Waals surface area (Å²) in [6.07, 6.45) is 5.92. The first kappa shape index (κ1) is 29.1. The fourth-order valence-corrected chi connectivity index (χ4v) is 6.46. The number of fused-ring (bicyclic) bond motifs is 1. The Morgan fingerprint density at radius 3 is 2.45 bits per heavy atom. The highest BCUT2D eigenvalue weighted by Gasteiger charge is 2.40. The molecule has 0 aliphatic heterocycles. The molecule has 0 bridgehead atoms. The van der Waals surface area contributed by atoms with Crippen molar-refractivity contribution in [3.8, 4) is 0 Å². The molecule has 4 rings (SSSR count). The number of nitrogens with zero attached hydrogens (tertiary/aromatic N) is 2. The summed E-state index contributed by atoms with van der Waals surface area (Å²) in [6, 6.07) is 27.6. The van der Waals surface area contributed by atoms with Gasteiger partial charge in [-0.1, -0.05) is 99.7 Å². The van der Waals surface area contributed by atoms with Gasteiger partial charge in [0.25, 0.3) is 0 Å². The number of aliphatic hydroxyl groups is 1. The van der Waals surface area contributed by atoms with Crippen molar-refractivity contribution in [2.24, 2.45) is 0 Å². The summed E-state index contributed by atoms with van der Waals surface area (Å²) in [4.78, 5) is 7.11. The zero-order chi connectivity index (χ0) is 27.1. The van der Waals surface area contributed by atoms with Gasteiger partial charge >= 0.3 is 0 Å². The lowest BCUT2D eigenvalue weighted by Gasteiger charge is -2.39. The number of benzene rings is 3. The highest BCUT2D eigenvalue weighted by atomic mass is 127. The molecule has 1 aromatic heterocycles. The quantitative estimate of drug-likeness (QED) is 0.0913. The third-order valence-electron chi connectivity index (χ3n) is 7.18. The molecular formula is C32H34BrIN2OS. The van der Waals surface area contributed by atoms with E-state index in [4.69, 9.17) is 4.98 Å². The molecule has 0 aliphatic rings. The van der Waals surface area contributed by atoms with E-state index in [2.05, 4.69) is 117 Å². The maximum atomic E-state index is 12.7. The minimum Gasteiger partial charge on any atom is -0.389 e. The largest absolute Gasteiger partial charge is 0.389 e. The van der Waals surface area contributed by atoms with Gasteiger partial charge in [-0.05, 0) is 78.2 Å². The van der Waals surface area contributed by atoms with Gasteiger partial charge in [0, 0.05) is 33.8 Å². The number of pyridine rings is 1. The molecule has 0 aliphatic carbocycles. The molecule has 3 aromatic carbocycles. The smallest absolute Gasteiger partial charge is 0.100 e. The average Bonchev–Trinajstić information content (AvgIpc) is 2.95.